The molecular formula is C55H74F2IN17O11. The number of amides is 4. The van der Waals surface area contributed by atoms with Gasteiger partial charge in [-0.2, -0.15) is 20.6 Å². The van der Waals surface area contributed by atoms with Gasteiger partial charge in [0.1, 0.15) is 18.5 Å². The number of carbonyl (C=O) groups is 7. The number of aliphatic carboxylic acids is 3. The first-order valence-electron chi connectivity index (χ1n) is 28.1. The normalized spacial score (nSPS) is 18.3. The van der Waals surface area contributed by atoms with Crippen LogP contribution in [0.5, 0.6) is 5.75 Å². The molecule has 0 saturated carbocycles. The summed E-state index contributed by atoms with van der Waals surface area (Å²) in [5.41, 5.74) is 10.2. The molecule has 6 rings (SSSR count). The van der Waals surface area contributed by atoms with Crippen molar-refractivity contribution in [2.24, 2.45) is 15.3 Å². The van der Waals surface area contributed by atoms with E-state index in [0.717, 1.165) is 14.0 Å². The number of pyridine rings is 1. The second-order valence-corrected chi connectivity index (χ2v) is 21.9. The Balaban J connectivity index is 0.954. The summed E-state index contributed by atoms with van der Waals surface area (Å²) in [6.07, 6.45) is 6.44. The molecule has 466 valence electrons. The van der Waals surface area contributed by atoms with Crippen molar-refractivity contribution in [1.82, 2.24) is 66.2 Å². The number of alkyl halides is 2. The molecule has 1 aromatic heterocycles. The average molecular weight is 1310 g/mol. The summed E-state index contributed by atoms with van der Waals surface area (Å²) in [5, 5.41) is 56.7. The summed E-state index contributed by atoms with van der Waals surface area (Å²) < 4.78 is 34.9. The van der Waals surface area contributed by atoms with Gasteiger partial charge in [0.2, 0.25) is 17.7 Å². The second kappa shape index (κ2) is 35.0. The fourth-order valence-electron chi connectivity index (χ4n) is 9.61. The van der Waals surface area contributed by atoms with Crippen LogP contribution in [0.1, 0.15) is 41.6 Å². The van der Waals surface area contributed by atoms with E-state index in [1.165, 1.54) is 18.5 Å². The molecule has 86 heavy (non-hydrogen) atoms. The third-order valence-electron chi connectivity index (χ3n) is 14.1. The van der Waals surface area contributed by atoms with Gasteiger partial charge in [0.05, 0.1) is 75.3 Å². The number of carboxylic acids is 3. The lowest BCUT2D eigenvalue weighted by atomic mass is 10.1. The number of piperazine rings is 1. The third-order valence-corrected chi connectivity index (χ3v) is 14.8. The van der Waals surface area contributed by atoms with Crippen LogP contribution in [0.25, 0.3) is 10.9 Å². The number of benzene rings is 2. The van der Waals surface area contributed by atoms with E-state index >= 15 is 0 Å². The maximum absolute atomic E-state index is 13.9. The molecule has 3 fully saturated rings. The Labute approximate surface area is 509 Å². The van der Waals surface area contributed by atoms with E-state index in [-0.39, 0.29) is 116 Å². The van der Waals surface area contributed by atoms with E-state index in [1.54, 1.807) is 56.3 Å². The van der Waals surface area contributed by atoms with Crippen LogP contribution in [0.2, 0.25) is 0 Å². The summed E-state index contributed by atoms with van der Waals surface area (Å²) in [7, 11) is 0. The molecule has 8 N–H and O–H groups in total. The smallest absolute Gasteiger partial charge is 0.317 e. The van der Waals surface area contributed by atoms with Crippen LogP contribution in [0.15, 0.2) is 70.0 Å². The second-order valence-electron chi connectivity index (χ2n) is 20.6. The number of carbonyl (C=O) groups excluding carboxylic acids is 4. The van der Waals surface area contributed by atoms with E-state index < -0.39 is 73.1 Å². The molecule has 28 nitrogen and oxygen atoms in total. The highest BCUT2D eigenvalue weighted by Gasteiger charge is 2.47. The van der Waals surface area contributed by atoms with E-state index in [9.17, 15) is 62.9 Å². The zero-order valence-electron chi connectivity index (χ0n) is 47.6. The van der Waals surface area contributed by atoms with Crippen molar-refractivity contribution in [3.8, 4) is 11.8 Å². The Morgan fingerprint density at radius 2 is 1.37 bits per heavy atom. The van der Waals surface area contributed by atoms with Crippen molar-refractivity contribution in [2.75, 3.05) is 144 Å². The topological polar surface area (TPSA) is 346 Å². The predicted molar refractivity (Wildman–Crippen MR) is 321 cm³/mol. The van der Waals surface area contributed by atoms with Crippen molar-refractivity contribution in [2.45, 2.75) is 43.7 Å². The minimum Gasteiger partial charge on any atom is -0.494 e. The van der Waals surface area contributed by atoms with E-state index in [4.69, 9.17) is 4.74 Å². The first kappa shape index (κ1) is 67.4. The molecule has 2 aromatic carbocycles. The highest BCUT2D eigenvalue weighted by molar-refractivity contribution is 14.1. The quantitative estimate of drug-likeness (QED) is 0.0146. The van der Waals surface area contributed by atoms with Crippen LogP contribution in [0.3, 0.4) is 0 Å². The van der Waals surface area contributed by atoms with Crippen molar-refractivity contribution < 1.29 is 62.4 Å². The lowest BCUT2D eigenvalue weighted by Gasteiger charge is -2.34. The van der Waals surface area contributed by atoms with Gasteiger partial charge >= 0.3 is 17.9 Å². The average Bonchev–Trinajstić information content (AvgIpc) is 3.88. The SMILES string of the molecule is N#C[C@H]1CC(F)(F)CN1C(=O)CNC(=O)c1ccnc2ccc(OCCCN3CCN(C(=O)CCN/N=C\C(C/C=N/NCN/N=C/c4ccc(I)cc4)NC(=O)CN4CCN(CC(=O)O)CCN(CC(=O)O)CCN(CC(=O)O)CC4)CC3)cc12. The lowest BCUT2D eigenvalue weighted by Crippen LogP contribution is -2.50. The van der Waals surface area contributed by atoms with Crippen molar-refractivity contribution in [3.63, 3.8) is 0 Å². The van der Waals surface area contributed by atoms with Crippen LogP contribution in [-0.4, -0.2) is 277 Å². The number of nitrogens with zero attached hydrogens (tertiary/aromatic N) is 12. The van der Waals surface area contributed by atoms with Gasteiger partial charge in [-0.15, -0.1) is 0 Å². The number of rotatable bonds is 29. The summed E-state index contributed by atoms with van der Waals surface area (Å²) in [5.74, 6) is -7.73. The molecule has 4 heterocycles. The van der Waals surface area contributed by atoms with Gasteiger partial charge in [0.25, 0.3) is 11.8 Å². The number of nitriles is 1. The van der Waals surface area contributed by atoms with Crippen LogP contribution in [0, 0.1) is 14.9 Å². The van der Waals surface area contributed by atoms with E-state index in [0.29, 0.717) is 62.4 Å². The molecule has 3 aromatic rings. The number of halogens is 3. The molecule has 0 bridgehead atoms. The summed E-state index contributed by atoms with van der Waals surface area (Å²) in [4.78, 5) is 104. The monoisotopic (exact) mass is 1310 g/mol. The van der Waals surface area contributed by atoms with Crippen molar-refractivity contribution in [3.05, 3.63) is 69.4 Å². The third kappa shape index (κ3) is 23.9. The molecule has 2 atom stereocenters. The highest BCUT2D eigenvalue weighted by atomic mass is 127. The summed E-state index contributed by atoms with van der Waals surface area (Å²) >= 11 is 2.22. The molecule has 0 aliphatic carbocycles. The Bertz CT molecular complexity index is 2870. The van der Waals surface area contributed by atoms with Crippen LogP contribution in [-0.2, 0) is 28.8 Å². The van der Waals surface area contributed by atoms with Gasteiger partial charge < -0.3 is 45.9 Å². The zero-order chi connectivity index (χ0) is 61.8. The lowest BCUT2D eigenvalue weighted by molar-refractivity contribution is -0.140. The fourth-order valence-corrected chi connectivity index (χ4v) is 9.97. The largest absolute Gasteiger partial charge is 0.494 e. The minimum absolute atomic E-state index is 0.0583. The first-order valence-corrected chi connectivity index (χ1v) is 29.1. The Kier molecular flexibility index (Phi) is 27.4. The number of likely N-dealkylation sites (tertiary alicyclic amines) is 1. The Hall–Kier alpha value is -7.77. The molecule has 4 amide bonds. The molecular weight excluding hydrogens is 1240 g/mol. The highest BCUT2D eigenvalue weighted by Crippen LogP contribution is 2.32. The molecule has 3 aliphatic heterocycles. The van der Waals surface area contributed by atoms with Gasteiger partial charge in [-0.05, 0) is 71.0 Å². The fraction of sp³-hybridized carbons (Fsp3) is 0.527. The van der Waals surface area contributed by atoms with Crippen LogP contribution >= 0.6 is 22.6 Å². The number of nitrogens with one attached hydrogen (secondary N) is 5. The molecule has 3 aliphatic rings. The number of ether oxygens (including phenoxy) is 1. The van der Waals surface area contributed by atoms with E-state index in [1.807, 2.05) is 29.2 Å². The number of hydrazone groups is 3. The maximum Gasteiger partial charge on any atom is 0.317 e. The summed E-state index contributed by atoms with van der Waals surface area (Å²) in [6.45, 7) is 3.26. The number of hydrogen-bond donors (Lipinski definition) is 8. The Morgan fingerprint density at radius 3 is 1.99 bits per heavy atom. The van der Waals surface area contributed by atoms with Gasteiger partial charge in [-0.25, -0.2) is 8.78 Å². The molecule has 31 heteroatoms. The maximum atomic E-state index is 13.9. The summed E-state index contributed by atoms with van der Waals surface area (Å²) in [6, 6.07) is 14.2. The first-order chi connectivity index (χ1) is 41.3. The predicted octanol–water partition coefficient (Wildman–Crippen LogP) is -0.286. The molecule has 3 saturated heterocycles. The number of carboxylic acid groups (broad SMARTS) is 3. The van der Waals surface area contributed by atoms with Gasteiger partial charge in [-0.3, -0.25) is 73.9 Å². The zero-order valence-corrected chi connectivity index (χ0v) is 49.7. The number of hydrogen-bond acceptors (Lipinski definition) is 21. The number of aromatic nitrogens is 1. The molecule has 0 spiro atoms. The molecule has 1 unspecified atom stereocenters. The van der Waals surface area contributed by atoms with Gasteiger partial charge in [0.15, 0.2) is 0 Å². The number of fused-ring (bicyclic) bond motifs is 1. The van der Waals surface area contributed by atoms with Crippen molar-refractivity contribution in [1.29, 1.82) is 5.26 Å². The van der Waals surface area contributed by atoms with Crippen LogP contribution in [0.4, 0.5) is 8.78 Å². The van der Waals surface area contributed by atoms with Crippen LogP contribution < -0.4 is 31.6 Å². The van der Waals surface area contributed by atoms with Gasteiger partial charge in [0, 0.05) is 138 Å². The van der Waals surface area contributed by atoms with Crippen molar-refractivity contribution >= 4 is 93.7 Å². The molecule has 0 radical (unpaired) electrons. The van der Waals surface area contributed by atoms with E-state index in [2.05, 4.69) is 74.7 Å². The Morgan fingerprint density at radius 1 is 0.767 bits per heavy atom. The van der Waals surface area contributed by atoms with Gasteiger partial charge in [-0.1, -0.05) is 12.1 Å². The standard InChI is InChI=1S/C55H74F2IN17O11/c56-55(57)29-43(30-59)75(38-55)50(78)33-61-54(85)45-9-11-60-47-7-6-44(28-46(45)47)86-27-1-14-69-23-25-74(26-24-69)49(77)10-13-62-65-32-42(8-12-63-66-39-67-64-31-40-2-4-41(58)5-3-40)68-48(76)34-70-15-17-71(35-51(79)80)19-21-73(37-53(83)84)22-20-72(18-16-70)36-52(81)82/h2-7,9,11-12,28,31-32,42-43,62,66-67H,1,8,10,13-27,29,33-39H2,(H,61,85)(H,68,76)(H,79,80)(H,81,82)(H,83,84)/b63-12+,64-31+,65-32-/t42?,43-/m1/s1. The minimum atomic E-state index is -3.18.